The van der Waals surface area contributed by atoms with E-state index in [1.54, 1.807) is 35.8 Å². The maximum Gasteiger partial charge on any atom is 0.275 e. The molecule has 9 heteroatoms. The van der Waals surface area contributed by atoms with Crippen molar-refractivity contribution in [2.75, 3.05) is 13.2 Å². The number of hydrogen-bond acceptors (Lipinski definition) is 7. The summed E-state index contributed by atoms with van der Waals surface area (Å²) >= 11 is 0. The molecule has 3 aromatic heterocycles. The SMILES string of the molecule is CCN(C(=O)c1nc(C)ccc1-n1nccn1)[C@@H](C)COc1cnc(C)cn1. The Morgan fingerprint density at radius 1 is 1.14 bits per heavy atom. The van der Waals surface area contributed by atoms with Crippen LogP contribution in [0, 0.1) is 13.8 Å². The van der Waals surface area contributed by atoms with E-state index >= 15 is 0 Å². The quantitative estimate of drug-likeness (QED) is 0.617. The van der Waals surface area contributed by atoms with E-state index < -0.39 is 0 Å². The van der Waals surface area contributed by atoms with Gasteiger partial charge in [-0.3, -0.25) is 9.78 Å². The summed E-state index contributed by atoms with van der Waals surface area (Å²) in [5.74, 6) is 0.223. The number of rotatable bonds is 7. The van der Waals surface area contributed by atoms with Crippen LogP contribution >= 0.6 is 0 Å². The Hall–Kier alpha value is -3.36. The van der Waals surface area contributed by atoms with Crippen molar-refractivity contribution in [3.8, 4) is 11.6 Å². The highest BCUT2D eigenvalue weighted by Gasteiger charge is 2.25. The maximum absolute atomic E-state index is 13.3. The van der Waals surface area contributed by atoms with Crippen LogP contribution in [0.5, 0.6) is 5.88 Å². The van der Waals surface area contributed by atoms with Crippen LogP contribution in [-0.4, -0.2) is 59.9 Å². The van der Waals surface area contributed by atoms with E-state index in [1.807, 2.05) is 33.8 Å². The first-order chi connectivity index (χ1) is 13.5. The Morgan fingerprint density at radius 3 is 2.54 bits per heavy atom. The molecule has 0 aliphatic heterocycles. The molecule has 9 nitrogen and oxygen atoms in total. The topological polar surface area (TPSA) is 98.9 Å². The van der Waals surface area contributed by atoms with Crippen LogP contribution in [0.3, 0.4) is 0 Å². The molecular formula is C19H23N7O2. The van der Waals surface area contributed by atoms with E-state index in [0.717, 1.165) is 11.4 Å². The third-order valence-electron chi connectivity index (χ3n) is 4.21. The summed E-state index contributed by atoms with van der Waals surface area (Å²) in [6.45, 7) is 8.34. The van der Waals surface area contributed by atoms with Gasteiger partial charge < -0.3 is 9.64 Å². The molecular weight excluding hydrogens is 358 g/mol. The first kappa shape index (κ1) is 19.4. The minimum atomic E-state index is -0.204. The van der Waals surface area contributed by atoms with Crippen LogP contribution in [0.1, 0.15) is 35.7 Å². The van der Waals surface area contributed by atoms with Gasteiger partial charge in [0.2, 0.25) is 5.88 Å². The molecule has 3 aromatic rings. The van der Waals surface area contributed by atoms with Crippen LogP contribution in [0.2, 0.25) is 0 Å². The summed E-state index contributed by atoms with van der Waals surface area (Å²) in [7, 11) is 0. The van der Waals surface area contributed by atoms with Gasteiger partial charge in [0.1, 0.15) is 12.3 Å². The van der Waals surface area contributed by atoms with Crippen LogP contribution in [0.15, 0.2) is 36.9 Å². The molecule has 0 aliphatic rings. The zero-order valence-corrected chi connectivity index (χ0v) is 16.4. The van der Waals surface area contributed by atoms with Crippen LogP contribution < -0.4 is 4.74 Å². The largest absolute Gasteiger partial charge is 0.474 e. The van der Waals surface area contributed by atoms with E-state index in [9.17, 15) is 4.79 Å². The third kappa shape index (κ3) is 4.30. The van der Waals surface area contributed by atoms with Crippen molar-refractivity contribution in [1.82, 2.24) is 34.8 Å². The number of pyridine rings is 1. The minimum Gasteiger partial charge on any atom is -0.474 e. The lowest BCUT2D eigenvalue weighted by atomic mass is 10.2. The van der Waals surface area contributed by atoms with Crippen molar-refractivity contribution in [2.24, 2.45) is 0 Å². The van der Waals surface area contributed by atoms with Crippen molar-refractivity contribution in [3.63, 3.8) is 0 Å². The lowest BCUT2D eigenvalue weighted by Crippen LogP contribution is -2.42. The van der Waals surface area contributed by atoms with Crippen molar-refractivity contribution < 1.29 is 9.53 Å². The smallest absolute Gasteiger partial charge is 0.275 e. The fraction of sp³-hybridized carbons (Fsp3) is 0.368. The molecule has 0 radical (unpaired) electrons. The van der Waals surface area contributed by atoms with Gasteiger partial charge in [-0.15, -0.1) is 4.80 Å². The van der Waals surface area contributed by atoms with E-state index in [0.29, 0.717) is 30.4 Å². The van der Waals surface area contributed by atoms with Gasteiger partial charge in [-0.05, 0) is 39.8 Å². The van der Waals surface area contributed by atoms with Crippen LogP contribution in [0.25, 0.3) is 5.69 Å². The number of carbonyl (C=O) groups excluding carboxylic acids is 1. The lowest BCUT2D eigenvalue weighted by molar-refractivity contribution is 0.0639. The summed E-state index contributed by atoms with van der Waals surface area (Å²) in [5.41, 5.74) is 2.40. The number of aromatic nitrogens is 6. The van der Waals surface area contributed by atoms with Gasteiger partial charge >= 0.3 is 0 Å². The molecule has 0 aromatic carbocycles. The fourth-order valence-electron chi connectivity index (χ4n) is 2.75. The van der Waals surface area contributed by atoms with Gasteiger partial charge in [0.15, 0.2) is 5.69 Å². The van der Waals surface area contributed by atoms with Gasteiger partial charge in [-0.2, -0.15) is 10.2 Å². The molecule has 0 spiro atoms. The van der Waals surface area contributed by atoms with Crippen LogP contribution in [-0.2, 0) is 0 Å². The Morgan fingerprint density at radius 2 is 1.89 bits per heavy atom. The summed E-state index contributed by atoms with van der Waals surface area (Å²) in [6.07, 6.45) is 6.34. The van der Waals surface area contributed by atoms with Gasteiger partial charge in [-0.1, -0.05) is 0 Å². The molecule has 1 atom stereocenters. The summed E-state index contributed by atoms with van der Waals surface area (Å²) in [4.78, 5) is 29.1. The maximum atomic E-state index is 13.3. The highest BCUT2D eigenvalue weighted by molar-refractivity contribution is 5.96. The molecule has 0 unspecified atom stereocenters. The first-order valence-electron chi connectivity index (χ1n) is 9.06. The van der Waals surface area contributed by atoms with E-state index in [4.69, 9.17) is 4.74 Å². The molecule has 1 amide bonds. The standard InChI is InChI=1S/C19H23N7O2/c1-5-25(15(4)12-28-17-11-20-14(3)10-21-17)19(27)18-16(7-6-13(2)24-18)26-22-8-9-23-26/h6-11,15H,5,12H2,1-4H3/t15-/m0/s1. The second kappa shape index (κ2) is 8.55. The van der Waals surface area contributed by atoms with Gasteiger partial charge in [-0.25, -0.2) is 9.97 Å². The highest BCUT2D eigenvalue weighted by Crippen LogP contribution is 2.16. The molecule has 0 N–H and O–H groups in total. The van der Waals surface area contributed by atoms with Crippen molar-refractivity contribution in [1.29, 1.82) is 0 Å². The Bertz CT molecular complexity index is 926. The molecule has 0 aliphatic carbocycles. The lowest BCUT2D eigenvalue weighted by Gasteiger charge is -2.28. The molecule has 146 valence electrons. The molecule has 0 bridgehead atoms. The number of aryl methyl sites for hydroxylation is 2. The van der Waals surface area contributed by atoms with E-state index in [1.165, 1.54) is 4.80 Å². The number of likely N-dealkylation sites (N-methyl/N-ethyl adjacent to an activating group) is 1. The number of nitrogens with zero attached hydrogens (tertiary/aromatic N) is 7. The normalized spacial score (nSPS) is 11.9. The van der Waals surface area contributed by atoms with Crippen molar-refractivity contribution >= 4 is 5.91 Å². The molecule has 3 heterocycles. The second-order valence-electron chi connectivity index (χ2n) is 6.39. The van der Waals surface area contributed by atoms with E-state index in [-0.39, 0.29) is 11.9 Å². The summed E-state index contributed by atoms with van der Waals surface area (Å²) in [5, 5.41) is 8.25. The number of amides is 1. The van der Waals surface area contributed by atoms with Crippen molar-refractivity contribution in [2.45, 2.75) is 33.7 Å². The number of carbonyl (C=O) groups is 1. The fourth-order valence-corrected chi connectivity index (χ4v) is 2.75. The average Bonchev–Trinajstić information content (AvgIpc) is 3.22. The van der Waals surface area contributed by atoms with Gasteiger partial charge in [0, 0.05) is 12.2 Å². The Kier molecular flexibility index (Phi) is 5.93. The predicted molar refractivity (Wildman–Crippen MR) is 102 cm³/mol. The van der Waals surface area contributed by atoms with Crippen molar-refractivity contribution in [3.05, 3.63) is 54.0 Å². The third-order valence-corrected chi connectivity index (χ3v) is 4.21. The number of hydrogen-bond donors (Lipinski definition) is 0. The van der Waals surface area contributed by atoms with Gasteiger partial charge in [0.25, 0.3) is 5.91 Å². The second-order valence-corrected chi connectivity index (χ2v) is 6.39. The monoisotopic (exact) mass is 381 g/mol. The Labute approximate surface area is 163 Å². The Balaban J connectivity index is 1.79. The minimum absolute atomic E-state index is 0.193. The molecule has 3 rings (SSSR count). The average molecular weight is 381 g/mol. The zero-order chi connectivity index (χ0) is 20.1. The van der Waals surface area contributed by atoms with Crippen LogP contribution in [0.4, 0.5) is 0 Å². The highest BCUT2D eigenvalue weighted by atomic mass is 16.5. The predicted octanol–water partition coefficient (Wildman–Crippen LogP) is 2.00. The molecule has 0 saturated heterocycles. The first-order valence-corrected chi connectivity index (χ1v) is 9.06. The number of ether oxygens (including phenoxy) is 1. The van der Waals surface area contributed by atoms with E-state index in [2.05, 4.69) is 25.1 Å². The summed E-state index contributed by atoms with van der Waals surface area (Å²) in [6, 6.07) is 3.43. The molecule has 28 heavy (non-hydrogen) atoms. The zero-order valence-electron chi connectivity index (χ0n) is 16.4. The molecule has 0 fully saturated rings. The van der Waals surface area contributed by atoms with Gasteiger partial charge in [0.05, 0.1) is 36.5 Å². The summed E-state index contributed by atoms with van der Waals surface area (Å²) < 4.78 is 5.70. The molecule has 0 saturated carbocycles.